The van der Waals surface area contributed by atoms with Crippen molar-refractivity contribution in [3.05, 3.63) is 115 Å². The smallest absolute Gasteiger partial charge is 0.338 e. The van der Waals surface area contributed by atoms with Crippen LogP contribution < -0.4 is 19.8 Å². The number of hydrogen-bond acceptors (Lipinski definition) is 7. The molecule has 0 spiro atoms. The molecule has 0 amide bonds. The summed E-state index contributed by atoms with van der Waals surface area (Å²) < 4.78 is 27.4. The molecule has 2 aromatic heterocycles. The van der Waals surface area contributed by atoms with Gasteiger partial charge >= 0.3 is 5.97 Å². The molecule has 0 aliphatic carbocycles. The minimum absolute atomic E-state index is 0.156. The van der Waals surface area contributed by atoms with Crippen LogP contribution in [-0.4, -0.2) is 30.2 Å². The van der Waals surface area contributed by atoms with Crippen molar-refractivity contribution in [2.75, 3.05) is 24.6 Å². The Morgan fingerprint density at radius 1 is 1.07 bits per heavy atom. The van der Waals surface area contributed by atoms with Gasteiger partial charge in [0.2, 0.25) is 0 Å². The van der Waals surface area contributed by atoms with E-state index in [1.165, 1.54) is 34.5 Å². The first kappa shape index (κ1) is 26.0. The van der Waals surface area contributed by atoms with E-state index in [-0.39, 0.29) is 17.7 Å². The number of carbonyl (C=O) groups is 1. The number of aromatic nitrogens is 1. The summed E-state index contributed by atoms with van der Waals surface area (Å²) in [4.78, 5) is 34.8. The van der Waals surface area contributed by atoms with Crippen molar-refractivity contribution in [1.29, 1.82) is 0 Å². The van der Waals surface area contributed by atoms with Gasteiger partial charge in [-0.05, 0) is 49.9 Å². The van der Waals surface area contributed by atoms with E-state index in [0.29, 0.717) is 31.9 Å². The van der Waals surface area contributed by atoms with E-state index in [4.69, 9.17) is 14.1 Å². The highest BCUT2D eigenvalue weighted by Crippen LogP contribution is 2.35. The lowest BCUT2D eigenvalue weighted by molar-refractivity contribution is -0.138. The number of fused-ring (bicyclic) bond motifs is 1. The lowest BCUT2D eigenvalue weighted by Gasteiger charge is -2.25. The molecule has 4 heterocycles. The van der Waals surface area contributed by atoms with E-state index in [1.54, 1.807) is 25.1 Å². The molecule has 1 saturated heterocycles. The van der Waals surface area contributed by atoms with E-state index < -0.39 is 17.8 Å². The average Bonchev–Trinajstić information content (AvgIpc) is 3.58. The van der Waals surface area contributed by atoms with Crippen LogP contribution in [0.15, 0.2) is 86.5 Å². The van der Waals surface area contributed by atoms with Crippen LogP contribution in [0, 0.1) is 5.82 Å². The van der Waals surface area contributed by atoms with Gasteiger partial charge in [-0.1, -0.05) is 53.8 Å². The van der Waals surface area contributed by atoms with E-state index >= 15 is 0 Å². The van der Waals surface area contributed by atoms with Crippen LogP contribution in [0.1, 0.15) is 49.1 Å². The molecule has 0 saturated carbocycles. The molecule has 0 radical (unpaired) electrons. The Kier molecular flexibility index (Phi) is 7.21. The Morgan fingerprint density at radius 3 is 2.55 bits per heavy atom. The maximum atomic E-state index is 13.9. The first-order valence-corrected chi connectivity index (χ1v) is 14.2. The molecule has 2 aliphatic heterocycles. The van der Waals surface area contributed by atoms with Gasteiger partial charge in [0.15, 0.2) is 10.7 Å². The summed E-state index contributed by atoms with van der Waals surface area (Å²) >= 11 is 1.22. The third-order valence-electron chi connectivity index (χ3n) is 7.11. The number of halogens is 1. The van der Waals surface area contributed by atoms with E-state index in [1.807, 2.05) is 42.5 Å². The van der Waals surface area contributed by atoms with Crippen molar-refractivity contribution in [2.45, 2.75) is 32.2 Å². The van der Waals surface area contributed by atoms with E-state index in [0.717, 1.165) is 31.8 Å². The second kappa shape index (κ2) is 11.1. The Hall–Kier alpha value is -4.24. The molecule has 9 heteroatoms. The molecule has 1 fully saturated rings. The van der Waals surface area contributed by atoms with Crippen LogP contribution in [0.4, 0.5) is 10.3 Å². The van der Waals surface area contributed by atoms with Gasteiger partial charge in [0, 0.05) is 30.8 Å². The highest BCUT2D eigenvalue weighted by molar-refractivity contribution is 7.07. The van der Waals surface area contributed by atoms with Crippen LogP contribution in [0.3, 0.4) is 0 Å². The first-order valence-electron chi connectivity index (χ1n) is 13.4. The molecule has 6 rings (SSSR count). The second-order valence-corrected chi connectivity index (χ2v) is 10.7. The van der Waals surface area contributed by atoms with Gasteiger partial charge in [0.05, 0.1) is 28.5 Å². The fraction of sp³-hybridized carbons (Fsp3) is 0.258. The highest BCUT2D eigenvalue weighted by atomic mass is 32.1. The summed E-state index contributed by atoms with van der Waals surface area (Å²) in [5.41, 5.74) is 1.62. The number of nitrogens with zero attached hydrogens (tertiary/aromatic N) is 3. The van der Waals surface area contributed by atoms with Gasteiger partial charge in [0.25, 0.3) is 5.56 Å². The summed E-state index contributed by atoms with van der Waals surface area (Å²) in [5, 5.41) is 0. The number of anilines is 1. The zero-order valence-electron chi connectivity index (χ0n) is 22.0. The van der Waals surface area contributed by atoms with E-state index in [2.05, 4.69) is 4.90 Å². The summed E-state index contributed by atoms with van der Waals surface area (Å²) in [6, 6.07) is 18.1. The molecule has 204 valence electrons. The van der Waals surface area contributed by atoms with Crippen molar-refractivity contribution in [3.8, 4) is 0 Å². The molecular formula is C31H28FN3O4S. The lowest BCUT2D eigenvalue weighted by atomic mass is 9.93. The predicted molar refractivity (Wildman–Crippen MR) is 152 cm³/mol. The number of carbonyl (C=O) groups excluding carboxylic acids is 1. The third-order valence-corrected chi connectivity index (χ3v) is 8.10. The first-order chi connectivity index (χ1) is 19.5. The number of furan rings is 1. The van der Waals surface area contributed by atoms with Gasteiger partial charge < -0.3 is 14.1 Å². The third kappa shape index (κ3) is 4.93. The fourth-order valence-corrected chi connectivity index (χ4v) is 6.22. The van der Waals surface area contributed by atoms with Gasteiger partial charge in [0.1, 0.15) is 11.6 Å². The number of hydrogen-bond donors (Lipinski definition) is 0. The van der Waals surface area contributed by atoms with Crippen LogP contribution in [0.25, 0.3) is 11.8 Å². The van der Waals surface area contributed by atoms with Crippen LogP contribution in [0.2, 0.25) is 0 Å². The zero-order valence-corrected chi connectivity index (χ0v) is 22.8. The standard InChI is InChI=1S/C31H28FN3O4S/c1-2-38-30(37)26-27(20-9-5-3-6-10-20)33-31-35(28(26)21-11-13-22(32)14-12-21)29(36)24(40-31)19-23-15-16-25(39-23)34-17-7-4-8-18-34/h3,5-6,9-16,19,28H,2,4,7-8,17-18H2,1H3/b24-19-/t28-/m0/s1. The summed E-state index contributed by atoms with van der Waals surface area (Å²) in [5.74, 6) is 0.366. The summed E-state index contributed by atoms with van der Waals surface area (Å²) in [6.45, 7) is 3.78. The molecule has 4 aromatic rings. The number of benzene rings is 2. The van der Waals surface area contributed by atoms with Gasteiger partial charge in [-0.15, -0.1) is 0 Å². The van der Waals surface area contributed by atoms with Crippen molar-refractivity contribution in [2.24, 2.45) is 4.99 Å². The molecule has 40 heavy (non-hydrogen) atoms. The van der Waals surface area contributed by atoms with Crippen molar-refractivity contribution in [1.82, 2.24) is 4.57 Å². The predicted octanol–water partition coefficient (Wildman–Crippen LogP) is 4.66. The Balaban J connectivity index is 1.54. The minimum Gasteiger partial charge on any atom is -0.463 e. The Labute approximate surface area is 234 Å². The Morgan fingerprint density at radius 2 is 1.82 bits per heavy atom. The largest absolute Gasteiger partial charge is 0.463 e. The fourth-order valence-electron chi connectivity index (χ4n) is 5.23. The number of ether oxygens (including phenoxy) is 1. The van der Waals surface area contributed by atoms with Crippen LogP contribution in [-0.2, 0) is 9.53 Å². The number of thiazole rings is 1. The quantitative estimate of drug-likeness (QED) is 0.323. The van der Waals surface area contributed by atoms with E-state index in [9.17, 15) is 14.0 Å². The number of rotatable bonds is 6. The van der Waals surface area contributed by atoms with Crippen molar-refractivity contribution >= 4 is 35.0 Å². The monoisotopic (exact) mass is 557 g/mol. The normalized spacial score (nSPS) is 17.5. The molecule has 2 aromatic carbocycles. The molecule has 0 N–H and O–H groups in total. The SMILES string of the molecule is CCOC(=O)C1=C(c2ccccc2)N=c2s/c(=C\c3ccc(N4CCCCC4)o3)c(=O)n2[C@H]1c1ccc(F)cc1. The van der Waals surface area contributed by atoms with Gasteiger partial charge in [-0.2, -0.15) is 0 Å². The maximum absolute atomic E-state index is 13.9. The number of esters is 1. The molecule has 7 nitrogen and oxygen atoms in total. The van der Waals surface area contributed by atoms with Crippen LogP contribution >= 0.6 is 11.3 Å². The Bertz CT molecular complexity index is 1750. The molecular weight excluding hydrogens is 529 g/mol. The van der Waals surface area contributed by atoms with Crippen molar-refractivity contribution < 1.29 is 18.3 Å². The lowest BCUT2D eigenvalue weighted by Crippen LogP contribution is -2.40. The number of piperidine rings is 1. The van der Waals surface area contributed by atoms with Crippen LogP contribution in [0.5, 0.6) is 0 Å². The summed E-state index contributed by atoms with van der Waals surface area (Å²) in [6.07, 6.45) is 5.20. The molecule has 0 unspecified atom stereocenters. The molecule has 2 aliphatic rings. The zero-order chi connectivity index (χ0) is 27.6. The highest BCUT2D eigenvalue weighted by Gasteiger charge is 2.35. The summed E-state index contributed by atoms with van der Waals surface area (Å²) in [7, 11) is 0. The minimum atomic E-state index is -0.853. The second-order valence-electron chi connectivity index (χ2n) is 9.71. The maximum Gasteiger partial charge on any atom is 0.338 e. The average molecular weight is 558 g/mol. The van der Waals surface area contributed by atoms with Gasteiger partial charge in [-0.3, -0.25) is 9.36 Å². The van der Waals surface area contributed by atoms with Crippen molar-refractivity contribution in [3.63, 3.8) is 0 Å². The van der Waals surface area contributed by atoms with Gasteiger partial charge in [-0.25, -0.2) is 14.2 Å². The molecule has 0 bridgehead atoms. The molecule has 1 atom stereocenters. The topological polar surface area (TPSA) is 77.0 Å².